The Bertz CT molecular complexity index is 4970. The predicted molar refractivity (Wildman–Crippen MR) is 491 cm³/mol. The number of aliphatic carboxylic acids is 2. The molecule has 12 rings (SSSR count). The number of benzene rings is 4. The minimum absolute atomic E-state index is 0.0394. The first-order chi connectivity index (χ1) is 65.0. The van der Waals surface area contributed by atoms with E-state index in [-0.39, 0.29) is 119 Å². The summed E-state index contributed by atoms with van der Waals surface area (Å²) >= 11 is 6.78. The lowest BCUT2D eigenvalue weighted by atomic mass is 10.0. The van der Waals surface area contributed by atoms with Crippen LogP contribution in [-0.2, 0) is 71.8 Å². The molecule has 4 saturated heterocycles. The van der Waals surface area contributed by atoms with Crippen LogP contribution >= 0.6 is 31.9 Å². The fraction of sp³-hybridized carbons (Fsp3) is 0.526. The zero-order valence-corrected chi connectivity index (χ0v) is 80.1. The molecule has 4 fully saturated rings. The third-order valence-corrected chi connectivity index (χ3v) is 22.7. The number of nitrogens with one attached hydrogen (secondary N) is 4. The average Bonchev–Trinajstić information content (AvgIpc) is 1.61. The van der Waals surface area contributed by atoms with E-state index in [0.717, 1.165) is 122 Å². The van der Waals surface area contributed by atoms with E-state index in [1.54, 1.807) is 37.3 Å². The molecule has 0 aromatic heterocycles. The molecule has 4 aromatic carbocycles. The Morgan fingerprint density at radius 3 is 1.04 bits per heavy atom. The number of hydrogen-bond acceptors (Lipinski definition) is 28. The summed E-state index contributed by atoms with van der Waals surface area (Å²) in [4.78, 5) is 243. The Hall–Kier alpha value is -12.3. The van der Waals surface area contributed by atoms with Gasteiger partial charge >= 0.3 is 36.0 Å². The van der Waals surface area contributed by atoms with Gasteiger partial charge in [-0.15, -0.1) is 0 Å². The number of ether oxygens (including phenoxy) is 4. The van der Waals surface area contributed by atoms with Crippen LogP contribution in [0.4, 0.5) is 13.2 Å². The summed E-state index contributed by atoms with van der Waals surface area (Å²) in [7, 11) is 0. The number of phenolic OH excluding ortho intramolecular Hbond substituents is 2. The number of halogens is 5. The fourth-order valence-corrected chi connectivity index (χ4v) is 15.5. The summed E-state index contributed by atoms with van der Waals surface area (Å²) in [6.07, 6.45) is 22.5. The van der Waals surface area contributed by atoms with Crippen LogP contribution in [-0.4, -0.2) is 220 Å². The van der Waals surface area contributed by atoms with Gasteiger partial charge in [0.15, 0.2) is 0 Å². The van der Waals surface area contributed by atoms with E-state index >= 15 is 0 Å². The van der Waals surface area contributed by atoms with Gasteiger partial charge in [0, 0.05) is 62.0 Å². The van der Waals surface area contributed by atoms with Crippen molar-refractivity contribution >= 4 is 156 Å². The molecule has 0 radical (unpaired) electrons. The maximum absolute atomic E-state index is 13.0. The van der Waals surface area contributed by atoms with E-state index in [1.165, 1.54) is 100 Å². The van der Waals surface area contributed by atoms with E-state index in [9.17, 15) is 114 Å². The first kappa shape index (κ1) is 115. The van der Waals surface area contributed by atoms with Crippen molar-refractivity contribution in [3.63, 3.8) is 0 Å². The van der Waals surface area contributed by atoms with Crippen LogP contribution in [0.15, 0.2) is 72.8 Å². The molecular weight excluding hydrogens is 1930 g/mol. The first-order valence-electron chi connectivity index (χ1n) is 45.4. The van der Waals surface area contributed by atoms with Crippen LogP contribution in [0.1, 0.15) is 342 Å². The largest absolute Gasteiger partial charge is 0.507 e. The van der Waals surface area contributed by atoms with Crippen LogP contribution in [0.5, 0.6) is 23.0 Å². The van der Waals surface area contributed by atoms with Crippen LogP contribution in [0, 0.1) is 0 Å². The number of cyclic esters (lactones) is 2. The number of carbonyl (C=O) groups excluding carboxylic acids is 19. The molecule has 37 nitrogen and oxygen atoms in total. The predicted octanol–water partition coefficient (Wildman–Crippen LogP) is 12.7. The highest BCUT2D eigenvalue weighted by molar-refractivity contribution is 9.09. The van der Waals surface area contributed by atoms with Crippen molar-refractivity contribution in [3.05, 3.63) is 117 Å². The number of alkyl halides is 5. The number of aldehydes is 1. The van der Waals surface area contributed by atoms with Gasteiger partial charge in [-0.05, 0) is 153 Å². The number of fused-ring (bicyclic) bond motifs is 4. The van der Waals surface area contributed by atoms with Gasteiger partial charge in [-0.1, -0.05) is 159 Å². The summed E-state index contributed by atoms with van der Waals surface area (Å²) in [5.74, 6) is -10.00. The molecule has 8 aliphatic heterocycles. The molecule has 748 valence electrons. The van der Waals surface area contributed by atoms with Crippen LogP contribution < -0.4 is 36.5 Å². The average molecular weight is 2050 g/mol. The Labute approximate surface area is 806 Å². The number of Topliss-reactive ketones (excluding diaryl/α,β-unsaturated/α-hetero) is 1. The first-order valence-corrected chi connectivity index (χ1v) is 47.7. The number of unbranched alkanes of at least 4 members (excludes halogenated alkanes) is 20. The highest BCUT2D eigenvalue weighted by Crippen LogP contribution is 2.38. The number of nitrogens with two attached hydrogens (primary N) is 1. The topological polar surface area (TPSA) is 560 Å². The second kappa shape index (κ2) is 58.9. The third kappa shape index (κ3) is 38.6. The number of ketones is 1. The number of piperidine rings is 4. The molecule has 4 unspecified atom stereocenters. The number of rotatable bonds is 39. The molecule has 4 atom stereocenters. The second-order valence-electron chi connectivity index (χ2n) is 33.6. The van der Waals surface area contributed by atoms with Crippen molar-refractivity contribution in [3.8, 4) is 23.0 Å². The molecule has 14 amide bonds. The standard InChI is InChI=1S/C26H34N2O7.C22H26N2O7.C13H10N2O5.C10H19BrO.C9H17BrO2.C8H4O4.C5H8N2O2.C2HF3O/c1-26(2,3)35-21(30)13-8-6-4-5-7-9-16-34-19-12-10-11-17-22(19)25(33)28(24(17)32)18-14-15-20(29)27-23(18)31;25-17-12-11-15(20(28)23-17)24-21(29)14-8-7-9-16(19(14)22(24)30)31-13-6-4-2-1-3-5-10-18(26)27;16-8-3-1-2-6-10(8)13(20)15(12(6)19)7-4-5-9(17)14-11(7)18;1-10(12)8-6-4-2-3-5-7-9-11;10-8-6-4-2-1-3-5-7-9(11)12;9-5-3-1-2-4-6(5)8(11)12-7(4)10;6-3-1-2-4(8)7-5(3)9;3-2(4,5)1-6/h10-12,18H,4-9,13-16H2,1-3H3,(H,27,29,31);7-9,15H,1-6,10-13H2,(H,26,27)(H,23,25,28);1-3,7,16H,4-5H2,(H,14,17,18);2-9H2,1H3;1-8H2,(H,11,12);1-3,9H;3H,1-2,6H2,(H,7,8,9);1H. The van der Waals surface area contributed by atoms with E-state index in [4.69, 9.17) is 40.1 Å². The highest BCUT2D eigenvalue weighted by Gasteiger charge is 2.49. The SMILES string of the molecule is CC(=O)CCCCCCCCBr.CC(C)(C)OC(=O)CCCCCCCCOc1cccc2c1C(=O)N(C1CCC(=O)NC1=O)C2=O.NC1CCC(=O)NC1=O.O=C(O)CCCCCCCCBr.O=C(O)CCCCCCCCOc1cccc2c1C(=O)N(C1CCC(=O)NC1=O)C2=O.O=C1CCC(N2C(=O)c3cccc(O)c3C2=O)C(=O)N1.O=C1OC(=O)c2c(O)cccc21.O=CC(F)(F)F. The maximum atomic E-state index is 13.0. The molecule has 0 aliphatic carbocycles. The van der Waals surface area contributed by atoms with Crippen LogP contribution in [0.2, 0.25) is 0 Å². The van der Waals surface area contributed by atoms with Gasteiger partial charge in [0.05, 0.1) is 58.2 Å². The Kier molecular flexibility index (Phi) is 49.5. The molecule has 0 spiro atoms. The number of amides is 14. The number of carbonyl (C=O) groups is 21. The minimum atomic E-state index is -4.64. The van der Waals surface area contributed by atoms with E-state index in [2.05, 4.69) is 57.9 Å². The number of phenols is 2. The Morgan fingerprint density at radius 1 is 0.416 bits per heavy atom. The number of hydrogen-bond donors (Lipinski definition) is 9. The van der Waals surface area contributed by atoms with Crippen molar-refractivity contribution < 1.29 is 153 Å². The van der Waals surface area contributed by atoms with Crippen LogP contribution in [0.3, 0.4) is 0 Å². The number of nitrogens with zero attached hydrogens (tertiary/aromatic N) is 3. The van der Waals surface area contributed by atoms with Crippen molar-refractivity contribution in [1.82, 2.24) is 36.0 Å². The second-order valence-corrected chi connectivity index (χ2v) is 35.2. The van der Waals surface area contributed by atoms with Crippen LogP contribution in [0.25, 0.3) is 0 Å². The number of carboxylic acids is 2. The number of carboxylic acid groups (broad SMARTS) is 2. The number of esters is 3. The molecule has 8 aliphatic rings. The van der Waals surface area contributed by atoms with Gasteiger partial charge in [0.25, 0.3) is 35.4 Å². The molecule has 0 bridgehead atoms. The smallest absolute Gasteiger partial charge is 0.446 e. The van der Waals surface area contributed by atoms with Gasteiger partial charge in [-0.2, -0.15) is 13.2 Å². The lowest BCUT2D eigenvalue weighted by Crippen LogP contribution is -2.54. The zero-order chi connectivity index (χ0) is 102. The molecule has 42 heteroatoms. The molecule has 137 heavy (non-hydrogen) atoms. The quantitative estimate of drug-likeness (QED) is 0.00500. The summed E-state index contributed by atoms with van der Waals surface area (Å²) in [5, 5.41) is 46.6. The zero-order valence-electron chi connectivity index (χ0n) is 76.9. The van der Waals surface area contributed by atoms with Gasteiger partial charge in [-0.25, -0.2) is 9.59 Å². The number of imide groups is 7. The van der Waals surface area contributed by atoms with E-state index < -0.39 is 137 Å². The summed E-state index contributed by atoms with van der Waals surface area (Å²) in [6, 6.07) is 14.6. The molecular formula is C95H119Br2F3N8O29. The summed E-state index contributed by atoms with van der Waals surface area (Å²) in [6.45, 7) is 8.03. The maximum Gasteiger partial charge on any atom is 0.446 e. The molecule has 10 N–H and O–H groups in total. The van der Waals surface area contributed by atoms with Crippen molar-refractivity contribution in [1.29, 1.82) is 0 Å². The van der Waals surface area contributed by atoms with Gasteiger partial charge < -0.3 is 49.9 Å². The fourth-order valence-electron chi connectivity index (χ4n) is 14.7. The van der Waals surface area contributed by atoms with E-state index in [1.807, 2.05) is 20.8 Å². The highest BCUT2D eigenvalue weighted by atomic mass is 79.9. The van der Waals surface area contributed by atoms with Crippen molar-refractivity contribution in [2.45, 2.75) is 295 Å². The molecule has 4 aromatic rings. The van der Waals surface area contributed by atoms with Crippen molar-refractivity contribution in [2.75, 3.05) is 23.9 Å². The molecule has 8 heterocycles. The monoisotopic (exact) mass is 2050 g/mol. The Morgan fingerprint density at radius 2 is 0.723 bits per heavy atom. The summed E-state index contributed by atoms with van der Waals surface area (Å²) < 4.78 is 52.4. The normalized spacial score (nSPS) is 17.3. The Balaban J connectivity index is 0.000000294. The van der Waals surface area contributed by atoms with E-state index in [0.29, 0.717) is 62.6 Å². The number of aromatic hydroxyl groups is 2. The lowest BCUT2D eigenvalue weighted by molar-refractivity contribution is -0.156. The van der Waals surface area contributed by atoms with Gasteiger partial charge in [0.2, 0.25) is 53.5 Å². The molecule has 0 saturated carbocycles. The van der Waals surface area contributed by atoms with Gasteiger partial charge in [-0.3, -0.25) is 122 Å². The third-order valence-electron chi connectivity index (χ3n) is 21.6. The minimum Gasteiger partial charge on any atom is -0.507 e. The van der Waals surface area contributed by atoms with Crippen molar-refractivity contribution in [2.24, 2.45) is 5.73 Å². The lowest BCUT2D eigenvalue weighted by Gasteiger charge is -2.27. The summed E-state index contributed by atoms with van der Waals surface area (Å²) in [5.41, 5.74) is 5.63. The van der Waals surface area contributed by atoms with Gasteiger partial charge in [0.1, 0.15) is 58.1 Å².